The third kappa shape index (κ3) is 8.45. The summed E-state index contributed by atoms with van der Waals surface area (Å²) in [6.45, 7) is 3.51. The van der Waals surface area contributed by atoms with E-state index in [9.17, 15) is 9.59 Å². The lowest BCUT2D eigenvalue weighted by Gasteiger charge is -2.19. The number of amides is 2. The molecule has 0 rings (SSSR count). The average Bonchev–Trinajstić information content (AvgIpc) is 2.32. The predicted octanol–water partition coefficient (Wildman–Crippen LogP) is 1.69. The Bertz CT molecular complexity index is 297. The highest BCUT2D eigenvalue weighted by molar-refractivity contribution is 5.74. The van der Waals surface area contributed by atoms with Gasteiger partial charge in [-0.15, -0.1) is 6.42 Å². The number of unbranched alkanes of at least 4 members (excludes halogenated alkanes) is 2. The molecule has 0 aromatic carbocycles. The van der Waals surface area contributed by atoms with E-state index in [2.05, 4.69) is 11.2 Å². The molecule has 0 unspecified atom stereocenters. The Kier molecular flexibility index (Phi) is 9.47. The summed E-state index contributed by atoms with van der Waals surface area (Å²) in [5.74, 6) is 1.68. The van der Waals surface area contributed by atoms with Gasteiger partial charge in [0, 0.05) is 19.5 Å². The summed E-state index contributed by atoms with van der Waals surface area (Å²) in [5, 5.41) is 11.2. The highest BCUT2D eigenvalue weighted by Crippen LogP contribution is 1.99. The molecule has 2 N–H and O–H groups in total. The van der Waals surface area contributed by atoms with Gasteiger partial charge in [-0.3, -0.25) is 4.79 Å². The van der Waals surface area contributed by atoms with Gasteiger partial charge in [-0.25, -0.2) is 4.79 Å². The summed E-state index contributed by atoms with van der Waals surface area (Å²) in [6, 6.07) is -0.145. The van der Waals surface area contributed by atoms with Crippen LogP contribution in [0.25, 0.3) is 0 Å². The van der Waals surface area contributed by atoms with Crippen molar-refractivity contribution in [2.75, 3.05) is 19.6 Å². The van der Waals surface area contributed by atoms with Crippen molar-refractivity contribution in [2.45, 2.75) is 39.0 Å². The third-order valence-electron chi connectivity index (χ3n) is 2.41. The van der Waals surface area contributed by atoms with E-state index < -0.39 is 5.97 Å². The van der Waals surface area contributed by atoms with Crippen LogP contribution in [-0.4, -0.2) is 41.6 Å². The fraction of sp³-hybridized carbons (Fsp3) is 0.692. The molecule has 2 amide bonds. The molecule has 18 heavy (non-hydrogen) atoms. The van der Waals surface area contributed by atoms with Crippen molar-refractivity contribution < 1.29 is 14.7 Å². The monoisotopic (exact) mass is 254 g/mol. The van der Waals surface area contributed by atoms with Gasteiger partial charge in [0.1, 0.15) is 0 Å². The van der Waals surface area contributed by atoms with Crippen molar-refractivity contribution >= 4 is 12.0 Å². The van der Waals surface area contributed by atoms with Gasteiger partial charge in [0.15, 0.2) is 0 Å². The van der Waals surface area contributed by atoms with E-state index in [0.717, 1.165) is 19.3 Å². The van der Waals surface area contributed by atoms with Crippen LogP contribution in [0, 0.1) is 12.3 Å². The maximum Gasteiger partial charge on any atom is 0.318 e. The zero-order valence-corrected chi connectivity index (χ0v) is 10.9. The van der Waals surface area contributed by atoms with Crippen LogP contribution in [0.4, 0.5) is 4.79 Å². The van der Waals surface area contributed by atoms with E-state index >= 15 is 0 Å². The van der Waals surface area contributed by atoms with Crippen LogP contribution in [0.2, 0.25) is 0 Å². The lowest BCUT2D eigenvalue weighted by Crippen LogP contribution is -2.41. The second-order valence-electron chi connectivity index (χ2n) is 4.06. The van der Waals surface area contributed by atoms with Gasteiger partial charge >= 0.3 is 12.0 Å². The van der Waals surface area contributed by atoms with Crippen molar-refractivity contribution in [1.29, 1.82) is 0 Å². The highest BCUT2D eigenvalue weighted by atomic mass is 16.4. The minimum Gasteiger partial charge on any atom is -0.481 e. The quantitative estimate of drug-likeness (QED) is 0.486. The normalized spacial score (nSPS) is 9.56. The molecule has 0 aliphatic heterocycles. The molecule has 0 saturated carbocycles. The molecule has 0 bridgehead atoms. The minimum absolute atomic E-state index is 0.145. The van der Waals surface area contributed by atoms with E-state index in [1.54, 1.807) is 4.90 Å². The number of hydrogen-bond donors (Lipinski definition) is 2. The highest BCUT2D eigenvalue weighted by Gasteiger charge is 2.09. The Hall–Kier alpha value is -1.70. The van der Waals surface area contributed by atoms with Gasteiger partial charge in [0.2, 0.25) is 0 Å². The zero-order valence-electron chi connectivity index (χ0n) is 10.9. The molecule has 0 atom stereocenters. The number of carboxylic acid groups (broad SMARTS) is 1. The molecule has 0 heterocycles. The second kappa shape index (κ2) is 10.5. The molecule has 0 aromatic rings. The largest absolute Gasteiger partial charge is 0.481 e. The molecule has 0 fully saturated rings. The van der Waals surface area contributed by atoms with E-state index in [1.165, 1.54) is 0 Å². The first-order chi connectivity index (χ1) is 8.61. The zero-order chi connectivity index (χ0) is 13.8. The number of aliphatic carboxylic acids is 1. The van der Waals surface area contributed by atoms with Crippen molar-refractivity contribution in [3.63, 3.8) is 0 Å². The maximum absolute atomic E-state index is 11.7. The van der Waals surface area contributed by atoms with Crippen molar-refractivity contribution in [3.8, 4) is 12.3 Å². The van der Waals surface area contributed by atoms with Gasteiger partial charge in [-0.05, 0) is 19.3 Å². The van der Waals surface area contributed by atoms with Gasteiger partial charge in [-0.2, -0.15) is 0 Å². The van der Waals surface area contributed by atoms with E-state index in [0.29, 0.717) is 26.1 Å². The number of rotatable bonds is 9. The van der Waals surface area contributed by atoms with Gasteiger partial charge < -0.3 is 15.3 Å². The Morgan fingerprint density at radius 2 is 2.06 bits per heavy atom. The first-order valence-electron chi connectivity index (χ1n) is 6.29. The summed E-state index contributed by atoms with van der Waals surface area (Å²) in [6.07, 6.45) is 8.48. The molecule has 5 nitrogen and oxygen atoms in total. The van der Waals surface area contributed by atoms with Crippen molar-refractivity contribution in [1.82, 2.24) is 10.2 Å². The molecular weight excluding hydrogens is 232 g/mol. The van der Waals surface area contributed by atoms with Gasteiger partial charge in [0.05, 0.1) is 6.54 Å². The lowest BCUT2D eigenvalue weighted by molar-refractivity contribution is -0.137. The Morgan fingerprint density at radius 3 is 2.61 bits per heavy atom. The standard InChI is InChI=1S/C13H22N2O3/c1-3-10-15(11-4-2)13(18)14-9-7-5-6-8-12(16)17/h1H,4-11H2,2H3,(H,14,18)(H,16,17). The number of terminal acetylenes is 1. The maximum atomic E-state index is 11.7. The first-order valence-corrected chi connectivity index (χ1v) is 6.29. The Morgan fingerprint density at radius 1 is 1.33 bits per heavy atom. The van der Waals surface area contributed by atoms with E-state index in [4.69, 9.17) is 11.5 Å². The predicted molar refractivity (Wildman–Crippen MR) is 70.2 cm³/mol. The summed E-state index contributed by atoms with van der Waals surface area (Å²) < 4.78 is 0. The van der Waals surface area contributed by atoms with Crippen LogP contribution >= 0.6 is 0 Å². The number of nitrogens with one attached hydrogen (secondary N) is 1. The van der Waals surface area contributed by atoms with Crippen molar-refractivity contribution in [3.05, 3.63) is 0 Å². The molecule has 102 valence electrons. The van der Waals surface area contributed by atoms with Crippen LogP contribution in [0.1, 0.15) is 39.0 Å². The minimum atomic E-state index is -0.776. The topological polar surface area (TPSA) is 69.6 Å². The summed E-state index contributed by atoms with van der Waals surface area (Å²) in [4.78, 5) is 23.6. The van der Waals surface area contributed by atoms with Gasteiger partial charge in [-0.1, -0.05) is 19.3 Å². The molecule has 0 aromatic heterocycles. The summed E-state index contributed by atoms with van der Waals surface area (Å²) in [5.41, 5.74) is 0. The summed E-state index contributed by atoms with van der Waals surface area (Å²) in [7, 11) is 0. The number of carbonyl (C=O) groups is 2. The third-order valence-corrected chi connectivity index (χ3v) is 2.41. The van der Waals surface area contributed by atoms with Crippen LogP contribution in [0.3, 0.4) is 0 Å². The number of hydrogen-bond acceptors (Lipinski definition) is 2. The molecule has 0 aliphatic carbocycles. The molecule has 0 saturated heterocycles. The molecule has 5 heteroatoms. The Labute approximate surface area is 109 Å². The van der Waals surface area contributed by atoms with Crippen molar-refractivity contribution in [2.24, 2.45) is 0 Å². The fourth-order valence-corrected chi connectivity index (χ4v) is 1.52. The fourth-order valence-electron chi connectivity index (χ4n) is 1.52. The number of carbonyl (C=O) groups excluding carboxylic acids is 1. The number of nitrogens with zero attached hydrogens (tertiary/aromatic N) is 1. The SMILES string of the molecule is C#CCN(CCC)C(=O)NCCCCCC(=O)O. The van der Waals surface area contributed by atoms with Gasteiger partial charge in [0.25, 0.3) is 0 Å². The van der Waals surface area contributed by atoms with Crippen LogP contribution in [-0.2, 0) is 4.79 Å². The lowest BCUT2D eigenvalue weighted by atomic mass is 10.2. The van der Waals surface area contributed by atoms with E-state index in [1.807, 2.05) is 6.92 Å². The first kappa shape index (κ1) is 16.3. The Balaban J connectivity index is 3.67. The number of carboxylic acids is 1. The van der Waals surface area contributed by atoms with Crippen LogP contribution in [0.5, 0.6) is 0 Å². The number of urea groups is 1. The van der Waals surface area contributed by atoms with E-state index in [-0.39, 0.29) is 12.5 Å². The molecular formula is C13H22N2O3. The van der Waals surface area contributed by atoms with Crippen LogP contribution < -0.4 is 5.32 Å². The summed E-state index contributed by atoms with van der Waals surface area (Å²) >= 11 is 0. The molecule has 0 radical (unpaired) electrons. The van der Waals surface area contributed by atoms with Crippen LogP contribution in [0.15, 0.2) is 0 Å². The smallest absolute Gasteiger partial charge is 0.318 e. The molecule has 0 spiro atoms. The molecule has 0 aliphatic rings. The second-order valence-corrected chi connectivity index (χ2v) is 4.06. The average molecular weight is 254 g/mol.